The maximum absolute atomic E-state index is 13.1. The van der Waals surface area contributed by atoms with Crippen LogP contribution >= 0.6 is 11.6 Å². The van der Waals surface area contributed by atoms with Gasteiger partial charge in [0, 0.05) is 56.7 Å². The Hall–Kier alpha value is -3.03. The van der Waals surface area contributed by atoms with Gasteiger partial charge in [0.1, 0.15) is 5.82 Å². The maximum atomic E-state index is 13.1. The molecular weight excluding hydrogens is 443 g/mol. The number of piperazine rings is 1. The van der Waals surface area contributed by atoms with Gasteiger partial charge in [-0.15, -0.1) is 0 Å². The van der Waals surface area contributed by atoms with Crippen LogP contribution in [-0.2, 0) is 17.8 Å². The van der Waals surface area contributed by atoms with Crippen molar-refractivity contribution in [2.45, 2.75) is 32.9 Å². The average Bonchev–Trinajstić information content (AvgIpc) is 3.19. The third kappa shape index (κ3) is 6.06. The molecule has 0 aliphatic carbocycles. The summed E-state index contributed by atoms with van der Waals surface area (Å²) in [5.74, 6) is 0.819. The molecule has 1 unspecified atom stereocenters. The van der Waals surface area contributed by atoms with E-state index in [2.05, 4.69) is 22.0 Å². The summed E-state index contributed by atoms with van der Waals surface area (Å²) in [5.41, 5.74) is 2.87. The second kappa shape index (κ2) is 10.3. The van der Waals surface area contributed by atoms with Crippen LogP contribution in [0.2, 0.25) is 5.02 Å². The predicted molar refractivity (Wildman–Crippen MR) is 125 cm³/mol. The van der Waals surface area contributed by atoms with Crippen molar-refractivity contribution in [3.8, 4) is 0 Å². The lowest BCUT2D eigenvalue weighted by atomic mass is 10.0. The van der Waals surface area contributed by atoms with Crippen LogP contribution in [0.3, 0.4) is 0 Å². The molecule has 6 nitrogen and oxygen atoms in total. The Morgan fingerprint density at radius 3 is 2.73 bits per heavy atom. The van der Waals surface area contributed by atoms with E-state index in [1.165, 1.54) is 12.1 Å². The molecule has 0 radical (unpaired) electrons. The molecule has 172 valence electrons. The van der Waals surface area contributed by atoms with Gasteiger partial charge in [0.05, 0.1) is 0 Å². The predicted octanol–water partition coefficient (Wildman–Crippen LogP) is 4.51. The van der Waals surface area contributed by atoms with Gasteiger partial charge in [0.15, 0.2) is 5.82 Å². The molecule has 33 heavy (non-hydrogen) atoms. The molecule has 2 aromatic carbocycles. The second-order valence-corrected chi connectivity index (χ2v) is 8.76. The fourth-order valence-corrected chi connectivity index (χ4v) is 4.28. The molecule has 3 aromatic rings. The minimum absolute atomic E-state index is 0.0276. The molecule has 0 N–H and O–H groups in total. The Morgan fingerprint density at radius 2 is 2.03 bits per heavy atom. The van der Waals surface area contributed by atoms with E-state index in [9.17, 15) is 9.18 Å². The van der Waals surface area contributed by atoms with Crippen molar-refractivity contribution in [3.63, 3.8) is 0 Å². The van der Waals surface area contributed by atoms with E-state index in [1.807, 2.05) is 23.1 Å². The first-order valence-electron chi connectivity index (χ1n) is 10.9. The highest BCUT2D eigenvalue weighted by atomic mass is 35.5. The van der Waals surface area contributed by atoms with E-state index < -0.39 is 0 Å². The SMILES string of the molecule is Cc1nc(Cc2cc(Cl)ccc2/C=C/C(=O)N2CCN(Cc3ccc(F)cc3)CC2C)no1. The molecule has 1 saturated heterocycles. The highest BCUT2D eigenvalue weighted by Gasteiger charge is 2.26. The molecule has 1 fully saturated rings. The third-order valence-electron chi connectivity index (χ3n) is 5.74. The van der Waals surface area contributed by atoms with Gasteiger partial charge in [-0.3, -0.25) is 9.69 Å². The zero-order valence-corrected chi connectivity index (χ0v) is 19.4. The molecule has 8 heteroatoms. The van der Waals surface area contributed by atoms with Crippen molar-refractivity contribution in [2.75, 3.05) is 19.6 Å². The van der Waals surface area contributed by atoms with E-state index in [1.54, 1.807) is 31.2 Å². The molecule has 1 aliphatic rings. The summed E-state index contributed by atoms with van der Waals surface area (Å²) in [4.78, 5) is 21.4. The summed E-state index contributed by atoms with van der Waals surface area (Å²) in [5, 5.41) is 4.56. The molecule has 1 aliphatic heterocycles. The fourth-order valence-electron chi connectivity index (χ4n) is 4.08. The van der Waals surface area contributed by atoms with Crippen LogP contribution in [0, 0.1) is 12.7 Å². The van der Waals surface area contributed by atoms with Gasteiger partial charge in [-0.05, 0) is 54.0 Å². The van der Waals surface area contributed by atoms with E-state index >= 15 is 0 Å². The summed E-state index contributed by atoms with van der Waals surface area (Å²) in [6.07, 6.45) is 3.89. The van der Waals surface area contributed by atoms with Crippen molar-refractivity contribution >= 4 is 23.6 Å². The number of hydrogen-bond acceptors (Lipinski definition) is 5. The number of benzene rings is 2. The molecule has 1 aromatic heterocycles. The standard InChI is InChI=1S/C25H26ClFN4O2/c1-17-15-30(16-19-3-8-23(27)9-4-19)11-12-31(17)25(32)10-6-20-5-7-22(26)13-21(20)14-24-28-18(2)33-29-24/h3-10,13,17H,11-12,14-16H2,1-2H3/b10-6+. The van der Waals surface area contributed by atoms with Gasteiger partial charge in [-0.2, -0.15) is 4.98 Å². The number of halogens is 2. The lowest BCUT2D eigenvalue weighted by Gasteiger charge is -2.39. The Morgan fingerprint density at radius 1 is 1.24 bits per heavy atom. The lowest BCUT2D eigenvalue weighted by Crippen LogP contribution is -2.53. The highest BCUT2D eigenvalue weighted by molar-refractivity contribution is 6.30. The van der Waals surface area contributed by atoms with Crippen molar-refractivity contribution in [1.29, 1.82) is 0 Å². The number of hydrogen-bond donors (Lipinski definition) is 0. The van der Waals surface area contributed by atoms with Crippen molar-refractivity contribution in [3.05, 3.63) is 87.8 Å². The smallest absolute Gasteiger partial charge is 0.246 e. The summed E-state index contributed by atoms with van der Waals surface area (Å²) in [6.45, 7) is 6.71. The number of carbonyl (C=O) groups is 1. The molecule has 1 amide bonds. The highest BCUT2D eigenvalue weighted by Crippen LogP contribution is 2.21. The average molecular weight is 469 g/mol. The van der Waals surface area contributed by atoms with E-state index in [0.29, 0.717) is 29.7 Å². The first-order chi connectivity index (χ1) is 15.9. The number of aryl methyl sites for hydroxylation is 1. The summed E-state index contributed by atoms with van der Waals surface area (Å²) < 4.78 is 18.2. The van der Waals surface area contributed by atoms with Gasteiger partial charge in [-0.1, -0.05) is 35.0 Å². The Bertz CT molecular complexity index is 1150. The molecule has 4 rings (SSSR count). The van der Waals surface area contributed by atoms with Gasteiger partial charge < -0.3 is 9.42 Å². The monoisotopic (exact) mass is 468 g/mol. The normalized spacial score (nSPS) is 17.1. The molecule has 1 atom stereocenters. The number of carbonyl (C=O) groups excluding carboxylic acids is 1. The molecule has 2 heterocycles. The number of rotatable bonds is 6. The quantitative estimate of drug-likeness (QED) is 0.498. The van der Waals surface area contributed by atoms with Gasteiger partial charge >= 0.3 is 0 Å². The van der Waals surface area contributed by atoms with E-state index in [-0.39, 0.29) is 17.8 Å². The minimum Gasteiger partial charge on any atom is -0.340 e. The van der Waals surface area contributed by atoms with Crippen LogP contribution in [-0.4, -0.2) is 51.5 Å². The Labute approximate surface area is 197 Å². The zero-order chi connectivity index (χ0) is 23.4. The molecule has 0 spiro atoms. The topological polar surface area (TPSA) is 62.5 Å². The number of nitrogens with zero attached hydrogens (tertiary/aromatic N) is 4. The van der Waals surface area contributed by atoms with Gasteiger partial charge in [0.2, 0.25) is 11.8 Å². The molecular formula is C25H26ClFN4O2. The third-order valence-corrected chi connectivity index (χ3v) is 5.98. The van der Waals surface area contributed by atoms with Crippen LogP contribution in [0.5, 0.6) is 0 Å². The van der Waals surface area contributed by atoms with Crippen molar-refractivity contribution in [2.24, 2.45) is 0 Å². The number of amides is 1. The molecule has 0 saturated carbocycles. The molecule has 0 bridgehead atoms. The zero-order valence-electron chi connectivity index (χ0n) is 18.7. The summed E-state index contributed by atoms with van der Waals surface area (Å²) in [6, 6.07) is 12.2. The first kappa shape index (κ1) is 23.1. The van der Waals surface area contributed by atoms with Crippen LogP contribution in [0.1, 0.15) is 35.3 Å². The summed E-state index contributed by atoms with van der Waals surface area (Å²) >= 11 is 6.18. The number of aromatic nitrogens is 2. The lowest BCUT2D eigenvalue weighted by molar-refractivity contribution is -0.130. The van der Waals surface area contributed by atoms with Crippen LogP contribution < -0.4 is 0 Å². The van der Waals surface area contributed by atoms with Crippen LogP contribution in [0.15, 0.2) is 53.1 Å². The summed E-state index contributed by atoms with van der Waals surface area (Å²) in [7, 11) is 0. The van der Waals surface area contributed by atoms with E-state index in [4.69, 9.17) is 16.1 Å². The van der Waals surface area contributed by atoms with Crippen LogP contribution in [0.4, 0.5) is 4.39 Å². The van der Waals surface area contributed by atoms with Crippen LogP contribution in [0.25, 0.3) is 6.08 Å². The fraction of sp³-hybridized carbons (Fsp3) is 0.320. The van der Waals surface area contributed by atoms with Crippen molar-refractivity contribution < 1.29 is 13.7 Å². The van der Waals surface area contributed by atoms with Gasteiger partial charge in [-0.25, -0.2) is 4.39 Å². The van der Waals surface area contributed by atoms with Crippen molar-refractivity contribution in [1.82, 2.24) is 19.9 Å². The Balaban J connectivity index is 1.39. The van der Waals surface area contributed by atoms with Gasteiger partial charge in [0.25, 0.3) is 0 Å². The second-order valence-electron chi connectivity index (χ2n) is 8.33. The largest absolute Gasteiger partial charge is 0.340 e. The maximum Gasteiger partial charge on any atom is 0.246 e. The van der Waals surface area contributed by atoms with E-state index in [0.717, 1.165) is 36.3 Å². The Kier molecular flexibility index (Phi) is 7.20. The minimum atomic E-state index is -0.231. The first-order valence-corrected chi connectivity index (χ1v) is 11.3.